The van der Waals surface area contributed by atoms with Crippen LogP contribution in [0, 0.1) is 0 Å². The van der Waals surface area contributed by atoms with Gasteiger partial charge in [-0.2, -0.15) is 0 Å². The molecule has 0 aromatic heterocycles. The standard InChI is InChI=1S/C16H24N2O/c1-3-10-16(17,13-18-11-4-5-12-18)14-6-8-15(19-2)9-7-14/h3,6-9H,1,4-5,10-13,17H2,2H3. The zero-order chi connectivity index (χ0) is 13.7. The summed E-state index contributed by atoms with van der Waals surface area (Å²) in [5.41, 5.74) is 7.45. The summed E-state index contributed by atoms with van der Waals surface area (Å²) in [6, 6.07) is 8.09. The fraction of sp³-hybridized carbons (Fsp3) is 0.500. The van der Waals surface area contributed by atoms with Crippen molar-refractivity contribution in [2.75, 3.05) is 26.7 Å². The van der Waals surface area contributed by atoms with Gasteiger partial charge in [-0.15, -0.1) is 6.58 Å². The fourth-order valence-electron chi connectivity index (χ4n) is 2.79. The number of nitrogens with zero attached hydrogens (tertiary/aromatic N) is 1. The van der Waals surface area contributed by atoms with E-state index >= 15 is 0 Å². The van der Waals surface area contributed by atoms with Gasteiger partial charge in [0.2, 0.25) is 0 Å². The molecule has 2 rings (SSSR count). The molecule has 1 aromatic rings. The molecule has 0 radical (unpaired) electrons. The number of benzene rings is 1. The maximum atomic E-state index is 6.65. The molecule has 1 atom stereocenters. The highest BCUT2D eigenvalue weighted by molar-refractivity contribution is 5.32. The molecule has 1 saturated heterocycles. The van der Waals surface area contributed by atoms with Gasteiger partial charge < -0.3 is 15.4 Å². The summed E-state index contributed by atoms with van der Waals surface area (Å²) in [4.78, 5) is 2.45. The molecule has 1 fully saturated rings. The Morgan fingerprint density at radius 3 is 2.47 bits per heavy atom. The summed E-state index contributed by atoms with van der Waals surface area (Å²) in [7, 11) is 1.68. The molecule has 104 valence electrons. The molecular weight excluding hydrogens is 236 g/mol. The van der Waals surface area contributed by atoms with Gasteiger partial charge in [-0.1, -0.05) is 18.2 Å². The summed E-state index contributed by atoms with van der Waals surface area (Å²) in [5, 5.41) is 0. The Balaban J connectivity index is 2.17. The second-order valence-corrected chi connectivity index (χ2v) is 5.36. The monoisotopic (exact) mass is 260 g/mol. The van der Waals surface area contributed by atoms with Crippen LogP contribution in [0.3, 0.4) is 0 Å². The van der Waals surface area contributed by atoms with E-state index in [0.717, 1.165) is 37.4 Å². The van der Waals surface area contributed by atoms with E-state index < -0.39 is 0 Å². The zero-order valence-corrected chi connectivity index (χ0v) is 11.8. The molecule has 1 aromatic carbocycles. The van der Waals surface area contributed by atoms with E-state index in [1.54, 1.807) is 7.11 Å². The SMILES string of the molecule is C=CCC(N)(CN1CCCC1)c1ccc(OC)cc1. The zero-order valence-electron chi connectivity index (χ0n) is 11.8. The molecule has 0 saturated carbocycles. The van der Waals surface area contributed by atoms with E-state index in [1.807, 2.05) is 18.2 Å². The van der Waals surface area contributed by atoms with E-state index in [9.17, 15) is 0 Å². The van der Waals surface area contributed by atoms with E-state index in [0.29, 0.717) is 0 Å². The summed E-state index contributed by atoms with van der Waals surface area (Å²) in [5.74, 6) is 0.867. The first-order valence-corrected chi connectivity index (χ1v) is 6.94. The average molecular weight is 260 g/mol. The number of methoxy groups -OCH3 is 1. The second-order valence-electron chi connectivity index (χ2n) is 5.36. The van der Waals surface area contributed by atoms with Crippen LogP contribution in [0.5, 0.6) is 5.75 Å². The largest absolute Gasteiger partial charge is 0.497 e. The topological polar surface area (TPSA) is 38.5 Å². The van der Waals surface area contributed by atoms with Gasteiger partial charge in [0, 0.05) is 6.54 Å². The van der Waals surface area contributed by atoms with Crippen LogP contribution < -0.4 is 10.5 Å². The smallest absolute Gasteiger partial charge is 0.118 e. The number of ether oxygens (including phenoxy) is 1. The minimum Gasteiger partial charge on any atom is -0.497 e. The highest BCUT2D eigenvalue weighted by Gasteiger charge is 2.29. The Bertz CT molecular complexity index is 409. The lowest BCUT2D eigenvalue weighted by atomic mass is 9.87. The lowest BCUT2D eigenvalue weighted by molar-refractivity contribution is 0.248. The van der Waals surface area contributed by atoms with Gasteiger partial charge in [-0.05, 0) is 50.0 Å². The van der Waals surface area contributed by atoms with E-state index in [2.05, 4.69) is 23.6 Å². The first kappa shape index (κ1) is 14.1. The molecule has 3 heteroatoms. The van der Waals surface area contributed by atoms with Gasteiger partial charge in [0.1, 0.15) is 5.75 Å². The quantitative estimate of drug-likeness (QED) is 0.799. The van der Waals surface area contributed by atoms with Crippen LogP contribution >= 0.6 is 0 Å². The van der Waals surface area contributed by atoms with E-state index in [-0.39, 0.29) is 5.54 Å². The summed E-state index contributed by atoms with van der Waals surface area (Å²) >= 11 is 0. The van der Waals surface area contributed by atoms with Crippen molar-refractivity contribution < 1.29 is 4.74 Å². The number of rotatable bonds is 6. The highest BCUT2D eigenvalue weighted by atomic mass is 16.5. The molecule has 1 heterocycles. The van der Waals surface area contributed by atoms with Gasteiger partial charge in [0.15, 0.2) is 0 Å². The van der Waals surface area contributed by atoms with Crippen molar-refractivity contribution in [2.24, 2.45) is 5.73 Å². The van der Waals surface area contributed by atoms with Gasteiger partial charge in [0.05, 0.1) is 12.6 Å². The van der Waals surface area contributed by atoms with Crippen molar-refractivity contribution in [1.82, 2.24) is 4.90 Å². The second kappa shape index (κ2) is 6.22. The fourth-order valence-corrected chi connectivity index (χ4v) is 2.79. The van der Waals surface area contributed by atoms with E-state index in [1.165, 1.54) is 12.8 Å². The van der Waals surface area contributed by atoms with Crippen molar-refractivity contribution in [3.05, 3.63) is 42.5 Å². The van der Waals surface area contributed by atoms with Crippen molar-refractivity contribution in [1.29, 1.82) is 0 Å². The molecule has 0 bridgehead atoms. The molecule has 1 aliphatic rings. The predicted molar refractivity (Wildman–Crippen MR) is 79.3 cm³/mol. The normalized spacial score (nSPS) is 19.1. The van der Waals surface area contributed by atoms with Crippen LogP contribution in [0.4, 0.5) is 0 Å². The number of hydrogen-bond donors (Lipinski definition) is 1. The van der Waals surface area contributed by atoms with Crippen molar-refractivity contribution in [3.63, 3.8) is 0 Å². The molecule has 19 heavy (non-hydrogen) atoms. The van der Waals surface area contributed by atoms with Crippen LogP contribution in [-0.4, -0.2) is 31.6 Å². The van der Waals surface area contributed by atoms with Crippen molar-refractivity contribution in [2.45, 2.75) is 24.8 Å². The van der Waals surface area contributed by atoms with Crippen molar-refractivity contribution in [3.8, 4) is 5.75 Å². The Labute approximate surface area is 116 Å². The Morgan fingerprint density at radius 2 is 1.95 bits per heavy atom. The average Bonchev–Trinajstić information content (AvgIpc) is 2.92. The van der Waals surface area contributed by atoms with Crippen LogP contribution in [-0.2, 0) is 5.54 Å². The molecule has 2 N–H and O–H groups in total. The van der Waals surface area contributed by atoms with E-state index in [4.69, 9.17) is 10.5 Å². The van der Waals surface area contributed by atoms with Gasteiger partial charge in [0.25, 0.3) is 0 Å². The summed E-state index contributed by atoms with van der Waals surface area (Å²) < 4.78 is 5.20. The van der Waals surface area contributed by atoms with Crippen LogP contribution in [0.15, 0.2) is 36.9 Å². The third kappa shape index (κ3) is 3.37. The lowest BCUT2D eigenvalue weighted by Gasteiger charge is -2.33. The Hall–Kier alpha value is -1.32. The van der Waals surface area contributed by atoms with Gasteiger partial charge in [-0.25, -0.2) is 0 Å². The Morgan fingerprint density at radius 1 is 1.32 bits per heavy atom. The third-order valence-electron chi connectivity index (χ3n) is 3.88. The minimum atomic E-state index is -0.349. The molecular formula is C16H24N2O. The van der Waals surface area contributed by atoms with Crippen molar-refractivity contribution >= 4 is 0 Å². The summed E-state index contributed by atoms with van der Waals surface area (Å²) in [6.45, 7) is 7.07. The Kier molecular flexibility index (Phi) is 4.61. The number of likely N-dealkylation sites (tertiary alicyclic amines) is 1. The molecule has 1 unspecified atom stereocenters. The maximum absolute atomic E-state index is 6.65. The van der Waals surface area contributed by atoms with Crippen LogP contribution in [0.25, 0.3) is 0 Å². The molecule has 0 spiro atoms. The molecule has 0 aliphatic carbocycles. The highest BCUT2D eigenvalue weighted by Crippen LogP contribution is 2.27. The first-order valence-electron chi connectivity index (χ1n) is 6.94. The summed E-state index contributed by atoms with van der Waals surface area (Å²) in [6.07, 6.45) is 5.27. The minimum absolute atomic E-state index is 0.349. The van der Waals surface area contributed by atoms with Gasteiger partial charge >= 0.3 is 0 Å². The predicted octanol–water partition coefficient (Wildman–Crippen LogP) is 2.52. The lowest BCUT2D eigenvalue weighted by Crippen LogP contribution is -2.46. The van der Waals surface area contributed by atoms with Gasteiger partial charge in [-0.3, -0.25) is 0 Å². The molecule has 0 amide bonds. The number of hydrogen-bond acceptors (Lipinski definition) is 3. The molecule has 3 nitrogen and oxygen atoms in total. The van der Waals surface area contributed by atoms with Crippen LogP contribution in [0.2, 0.25) is 0 Å². The molecule has 1 aliphatic heterocycles. The maximum Gasteiger partial charge on any atom is 0.118 e. The van der Waals surface area contributed by atoms with Crippen LogP contribution in [0.1, 0.15) is 24.8 Å². The third-order valence-corrected chi connectivity index (χ3v) is 3.88. The number of nitrogens with two attached hydrogens (primary N) is 1. The first-order chi connectivity index (χ1) is 9.18.